The van der Waals surface area contributed by atoms with Gasteiger partial charge in [0.05, 0.1) is 13.7 Å². The highest BCUT2D eigenvalue weighted by Crippen LogP contribution is 2.29. The monoisotopic (exact) mass is 265 g/mol. The number of nitrogens with one attached hydrogen (secondary N) is 1. The van der Waals surface area contributed by atoms with Gasteiger partial charge in [-0.15, -0.1) is 0 Å². The van der Waals surface area contributed by atoms with Gasteiger partial charge in [0.1, 0.15) is 11.5 Å². The first kappa shape index (κ1) is 14.2. The van der Waals surface area contributed by atoms with Gasteiger partial charge in [-0.1, -0.05) is 6.92 Å². The van der Waals surface area contributed by atoms with Crippen molar-refractivity contribution in [3.05, 3.63) is 23.8 Å². The number of rotatable bonds is 9. The van der Waals surface area contributed by atoms with Gasteiger partial charge in [0.25, 0.3) is 0 Å². The van der Waals surface area contributed by atoms with Gasteiger partial charge in [-0.3, -0.25) is 0 Å². The fourth-order valence-corrected chi connectivity index (χ4v) is 1.83. The predicted molar refractivity (Wildman–Crippen MR) is 74.5 cm³/mol. The van der Waals surface area contributed by atoms with Crippen LogP contribution in [0.2, 0.25) is 0 Å². The van der Waals surface area contributed by atoms with E-state index in [1.54, 1.807) is 7.11 Å². The van der Waals surface area contributed by atoms with Crippen LogP contribution in [0.1, 0.15) is 25.3 Å². The second-order valence-electron chi connectivity index (χ2n) is 4.83. The summed E-state index contributed by atoms with van der Waals surface area (Å²) in [5.74, 6) is 2.47. The first-order valence-corrected chi connectivity index (χ1v) is 6.91. The highest BCUT2D eigenvalue weighted by Gasteiger charge is 2.21. The summed E-state index contributed by atoms with van der Waals surface area (Å²) in [5.41, 5.74) is 1.09. The Bertz CT molecular complexity index is 391. The SMILES string of the molecule is CCNCc1cc(OC)ccc1OCOCC1CC1. The summed E-state index contributed by atoms with van der Waals surface area (Å²) < 4.78 is 16.4. The zero-order valence-electron chi connectivity index (χ0n) is 11.8. The minimum atomic E-state index is 0.321. The maximum atomic E-state index is 5.69. The molecule has 0 atom stereocenters. The van der Waals surface area contributed by atoms with Crippen molar-refractivity contribution >= 4 is 0 Å². The van der Waals surface area contributed by atoms with E-state index < -0.39 is 0 Å². The average Bonchev–Trinajstić information content (AvgIpc) is 3.26. The molecule has 1 aliphatic carbocycles. The molecule has 0 bridgehead atoms. The minimum absolute atomic E-state index is 0.321. The van der Waals surface area contributed by atoms with Gasteiger partial charge in [-0.25, -0.2) is 0 Å². The fourth-order valence-electron chi connectivity index (χ4n) is 1.83. The Morgan fingerprint density at radius 3 is 2.84 bits per heavy atom. The first-order chi connectivity index (χ1) is 9.33. The van der Waals surface area contributed by atoms with Crippen LogP contribution in [0.5, 0.6) is 11.5 Å². The standard InChI is InChI=1S/C15H23NO3/c1-3-16-9-13-8-14(17-2)6-7-15(13)19-11-18-10-12-4-5-12/h6-8,12,16H,3-5,9-11H2,1-2H3. The lowest BCUT2D eigenvalue weighted by molar-refractivity contribution is 0.00939. The van der Waals surface area contributed by atoms with Crippen LogP contribution < -0.4 is 14.8 Å². The summed E-state index contributed by atoms with van der Waals surface area (Å²) in [6, 6.07) is 5.84. The Hall–Kier alpha value is -1.26. The van der Waals surface area contributed by atoms with Crippen molar-refractivity contribution in [1.29, 1.82) is 0 Å². The van der Waals surface area contributed by atoms with E-state index in [1.807, 2.05) is 18.2 Å². The quantitative estimate of drug-likeness (QED) is 0.550. The van der Waals surface area contributed by atoms with Crippen molar-refractivity contribution in [2.75, 3.05) is 27.1 Å². The summed E-state index contributed by atoms with van der Waals surface area (Å²) in [4.78, 5) is 0. The normalized spacial score (nSPS) is 14.4. The molecule has 0 heterocycles. The van der Waals surface area contributed by atoms with Gasteiger partial charge < -0.3 is 19.5 Å². The molecule has 106 valence electrons. The Morgan fingerprint density at radius 1 is 1.32 bits per heavy atom. The smallest absolute Gasteiger partial charge is 0.189 e. The topological polar surface area (TPSA) is 39.7 Å². The van der Waals surface area contributed by atoms with E-state index in [0.717, 1.165) is 42.7 Å². The molecule has 19 heavy (non-hydrogen) atoms. The van der Waals surface area contributed by atoms with Crippen LogP contribution in [0.3, 0.4) is 0 Å². The average molecular weight is 265 g/mol. The third-order valence-corrected chi connectivity index (χ3v) is 3.18. The third kappa shape index (κ3) is 4.73. The lowest BCUT2D eigenvalue weighted by Crippen LogP contribution is -2.14. The van der Waals surface area contributed by atoms with Crippen LogP contribution in [0.25, 0.3) is 0 Å². The van der Waals surface area contributed by atoms with Crippen molar-refractivity contribution in [2.45, 2.75) is 26.3 Å². The highest BCUT2D eigenvalue weighted by atomic mass is 16.7. The summed E-state index contributed by atoms with van der Waals surface area (Å²) in [5, 5.41) is 3.30. The zero-order chi connectivity index (χ0) is 13.5. The van der Waals surface area contributed by atoms with Gasteiger partial charge in [-0.05, 0) is 43.5 Å². The fraction of sp³-hybridized carbons (Fsp3) is 0.600. The maximum absolute atomic E-state index is 5.69. The highest BCUT2D eigenvalue weighted by molar-refractivity contribution is 5.40. The van der Waals surface area contributed by atoms with Crippen LogP contribution in [-0.2, 0) is 11.3 Å². The maximum Gasteiger partial charge on any atom is 0.189 e. The molecule has 2 rings (SSSR count). The summed E-state index contributed by atoms with van der Waals surface area (Å²) in [6.45, 7) is 4.92. The molecule has 0 saturated heterocycles. The number of hydrogen-bond acceptors (Lipinski definition) is 4. The Labute approximate surface area is 115 Å². The van der Waals surface area contributed by atoms with Crippen LogP contribution in [0.15, 0.2) is 18.2 Å². The molecule has 1 fully saturated rings. The van der Waals surface area contributed by atoms with Crippen LogP contribution in [-0.4, -0.2) is 27.1 Å². The molecule has 0 unspecified atom stereocenters. The van der Waals surface area contributed by atoms with Gasteiger partial charge in [0.15, 0.2) is 6.79 Å². The number of benzene rings is 1. The Balaban J connectivity index is 1.87. The van der Waals surface area contributed by atoms with Crippen molar-refractivity contribution in [1.82, 2.24) is 5.32 Å². The molecule has 1 saturated carbocycles. The molecule has 0 spiro atoms. The van der Waals surface area contributed by atoms with Crippen molar-refractivity contribution < 1.29 is 14.2 Å². The zero-order valence-corrected chi connectivity index (χ0v) is 11.8. The van der Waals surface area contributed by atoms with E-state index in [9.17, 15) is 0 Å². The van der Waals surface area contributed by atoms with Crippen LogP contribution >= 0.6 is 0 Å². The largest absolute Gasteiger partial charge is 0.497 e. The van der Waals surface area contributed by atoms with Crippen molar-refractivity contribution in [3.8, 4) is 11.5 Å². The van der Waals surface area contributed by atoms with Crippen LogP contribution in [0, 0.1) is 5.92 Å². The van der Waals surface area contributed by atoms with E-state index >= 15 is 0 Å². The molecule has 0 aromatic heterocycles. The molecule has 1 N–H and O–H groups in total. The van der Waals surface area contributed by atoms with E-state index in [2.05, 4.69) is 12.2 Å². The molecule has 1 aliphatic rings. The van der Waals surface area contributed by atoms with E-state index in [0.29, 0.717) is 6.79 Å². The lowest BCUT2D eigenvalue weighted by atomic mass is 10.2. The molecular formula is C15H23NO3. The van der Waals surface area contributed by atoms with Gasteiger partial charge in [0, 0.05) is 12.1 Å². The molecule has 4 heteroatoms. The van der Waals surface area contributed by atoms with Crippen LogP contribution in [0.4, 0.5) is 0 Å². The van der Waals surface area contributed by atoms with Crippen molar-refractivity contribution in [2.24, 2.45) is 5.92 Å². The number of ether oxygens (including phenoxy) is 3. The van der Waals surface area contributed by atoms with E-state index in [-0.39, 0.29) is 0 Å². The molecule has 1 aromatic carbocycles. The Morgan fingerprint density at radius 2 is 2.16 bits per heavy atom. The van der Waals surface area contributed by atoms with Gasteiger partial charge >= 0.3 is 0 Å². The van der Waals surface area contributed by atoms with E-state index in [1.165, 1.54) is 12.8 Å². The summed E-state index contributed by atoms with van der Waals surface area (Å²) >= 11 is 0. The van der Waals surface area contributed by atoms with Crippen molar-refractivity contribution in [3.63, 3.8) is 0 Å². The second kappa shape index (κ2) is 7.36. The summed E-state index contributed by atoms with van der Waals surface area (Å²) in [7, 11) is 1.67. The first-order valence-electron chi connectivity index (χ1n) is 6.91. The molecule has 0 radical (unpaired) electrons. The second-order valence-corrected chi connectivity index (χ2v) is 4.83. The number of methoxy groups -OCH3 is 1. The molecule has 1 aromatic rings. The summed E-state index contributed by atoms with van der Waals surface area (Å²) in [6.07, 6.45) is 2.60. The molecule has 0 amide bonds. The Kier molecular flexibility index (Phi) is 5.48. The molecular weight excluding hydrogens is 242 g/mol. The lowest BCUT2D eigenvalue weighted by Gasteiger charge is -2.13. The molecule has 0 aliphatic heterocycles. The van der Waals surface area contributed by atoms with Gasteiger partial charge in [-0.2, -0.15) is 0 Å². The predicted octanol–water partition coefficient (Wildman–Crippen LogP) is 2.57. The molecule has 4 nitrogen and oxygen atoms in total. The van der Waals surface area contributed by atoms with Gasteiger partial charge in [0.2, 0.25) is 0 Å². The number of hydrogen-bond donors (Lipinski definition) is 1. The third-order valence-electron chi connectivity index (χ3n) is 3.18. The van der Waals surface area contributed by atoms with E-state index in [4.69, 9.17) is 14.2 Å². The minimum Gasteiger partial charge on any atom is -0.497 e.